The molecule has 1 amide bonds. The number of nitrogens with zero attached hydrogens (tertiary/aromatic N) is 1. The standard InChI is InChI=1S/C20H27N3O2/c1-5-15-11-19(24)17-10-16(8-9-18(17)21-15)22-20(25)14(4)23-12(2)6-7-13(23)3/h8-14H,5-7H2,1-4H3,(H,21,24)(H,22,25). The quantitative estimate of drug-likeness (QED) is 0.897. The van der Waals surface area contributed by atoms with Crippen LogP contribution in [0.15, 0.2) is 29.1 Å². The molecule has 3 atom stereocenters. The second-order valence-corrected chi connectivity index (χ2v) is 7.16. The lowest BCUT2D eigenvalue weighted by Gasteiger charge is -2.31. The maximum atomic E-state index is 12.7. The molecule has 5 nitrogen and oxygen atoms in total. The average Bonchev–Trinajstić information content (AvgIpc) is 2.93. The first kappa shape index (κ1) is 17.7. The van der Waals surface area contributed by atoms with E-state index in [0.717, 1.165) is 30.5 Å². The minimum Gasteiger partial charge on any atom is -0.358 e. The van der Waals surface area contributed by atoms with Crippen molar-refractivity contribution in [2.75, 3.05) is 5.32 Å². The first-order chi connectivity index (χ1) is 11.9. The van der Waals surface area contributed by atoms with Gasteiger partial charge in [0.05, 0.1) is 6.04 Å². The van der Waals surface area contributed by atoms with Gasteiger partial charge in [-0.2, -0.15) is 0 Å². The molecule has 0 spiro atoms. The van der Waals surface area contributed by atoms with E-state index >= 15 is 0 Å². The summed E-state index contributed by atoms with van der Waals surface area (Å²) in [6.07, 6.45) is 3.04. The summed E-state index contributed by atoms with van der Waals surface area (Å²) in [5.41, 5.74) is 2.37. The van der Waals surface area contributed by atoms with Crippen LogP contribution in [0.5, 0.6) is 0 Å². The lowest BCUT2D eigenvalue weighted by atomic mass is 10.1. The summed E-state index contributed by atoms with van der Waals surface area (Å²) in [5.74, 6) is -0.0263. The van der Waals surface area contributed by atoms with E-state index < -0.39 is 0 Å². The topological polar surface area (TPSA) is 65.2 Å². The molecule has 134 valence electrons. The zero-order chi connectivity index (χ0) is 18.1. The Labute approximate surface area is 148 Å². The number of hydrogen-bond donors (Lipinski definition) is 2. The number of aryl methyl sites for hydroxylation is 1. The fourth-order valence-corrected chi connectivity index (χ4v) is 3.93. The van der Waals surface area contributed by atoms with E-state index in [0.29, 0.717) is 23.2 Å². The predicted molar refractivity (Wildman–Crippen MR) is 102 cm³/mol. The number of pyridine rings is 1. The van der Waals surface area contributed by atoms with Crippen LogP contribution in [0.3, 0.4) is 0 Å². The Bertz CT molecular complexity index is 832. The number of carbonyl (C=O) groups is 1. The van der Waals surface area contributed by atoms with Crippen LogP contribution in [0.25, 0.3) is 10.9 Å². The highest BCUT2D eigenvalue weighted by Crippen LogP contribution is 2.26. The Morgan fingerprint density at radius 2 is 1.96 bits per heavy atom. The van der Waals surface area contributed by atoms with Crippen molar-refractivity contribution in [3.8, 4) is 0 Å². The Hall–Kier alpha value is -2.14. The number of aromatic nitrogens is 1. The molecule has 3 unspecified atom stereocenters. The highest BCUT2D eigenvalue weighted by Gasteiger charge is 2.34. The second-order valence-electron chi connectivity index (χ2n) is 7.16. The van der Waals surface area contributed by atoms with Crippen LogP contribution in [-0.4, -0.2) is 33.9 Å². The van der Waals surface area contributed by atoms with Gasteiger partial charge >= 0.3 is 0 Å². The van der Waals surface area contributed by atoms with Crippen molar-refractivity contribution in [2.24, 2.45) is 0 Å². The predicted octanol–water partition coefficient (Wildman–Crippen LogP) is 3.29. The van der Waals surface area contributed by atoms with Crippen molar-refractivity contribution < 1.29 is 4.79 Å². The Morgan fingerprint density at radius 3 is 2.60 bits per heavy atom. The largest absolute Gasteiger partial charge is 0.358 e. The van der Waals surface area contributed by atoms with Gasteiger partial charge in [-0.05, 0) is 58.2 Å². The van der Waals surface area contributed by atoms with Crippen LogP contribution in [0.1, 0.15) is 46.2 Å². The van der Waals surface area contributed by atoms with Crippen molar-refractivity contribution in [1.82, 2.24) is 9.88 Å². The SMILES string of the molecule is CCc1cc(=O)c2cc(NC(=O)C(C)N3C(C)CCC3C)ccc2[nH]1. The van der Waals surface area contributed by atoms with Gasteiger partial charge < -0.3 is 10.3 Å². The van der Waals surface area contributed by atoms with E-state index in [-0.39, 0.29) is 17.4 Å². The van der Waals surface area contributed by atoms with Gasteiger partial charge in [-0.15, -0.1) is 0 Å². The first-order valence-electron chi connectivity index (χ1n) is 9.15. The summed E-state index contributed by atoms with van der Waals surface area (Å²) in [7, 11) is 0. The smallest absolute Gasteiger partial charge is 0.241 e. The van der Waals surface area contributed by atoms with Gasteiger partial charge in [0.15, 0.2) is 5.43 Å². The zero-order valence-electron chi connectivity index (χ0n) is 15.4. The minimum absolute atomic E-state index is 0.0171. The van der Waals surface area contributed by atoms with E-state index in [2.05, 4.69) is 29.0 Å². The van der Waals surface area contributed by atoms with Crippen LogP contribution in [0.4, 0.5) is 5.69 Å². The van der Waals surface area contributed by atoms with Gasteiger partial charge in [0.2, 0.25) is 5.91 Å². The lowest BCUT2D eigenvalue weighted by Crippen LogP contribution is -2.46. The van der Waals surface area contributed by atoms with E-state index in [9.17, 15) is 9.59 Å². The number of benzene rings is 1. The Balaban J connectivity index is 1.81. The molecule has 0 saturated carbocycles. The second kappa shape index (κ2) is 7.00. The summed E-state index contributed by atoms with van der Waals surface area (Å²) in [4.78, 5) is 30.5. The summed E-state index contributed by atoms with van der Waals surface area (Å²) < 4.78 is 0. The maximum Gasteiger partial charge on any atom is 0.241 e. The average molecular weight is 341 g/mol. The molecule has 25 heavy (non-hydrogen) atoms. The zero-order valence-corrected chi connectivity index (χ0v) is 15.4. The van der Waals surface area contributed by atoms with E-state index in [1.165, 1.54) is 0 Å². The number of carbonyl (C=O) groups excluding carboxylic acids is 1. The molecule has 1 fully saturated rings. The van der Waals surface area contributed by atoms with E-state index in [4.69, 9.17) is 0 Å². The maximum absolute atomic E-state index is 12.7. The molecular formula is C20H27N3O2. The number of likely N-dealkylation sites (tertiary alicyclic amines) is 1. The molecular weight excluding hydrogens is 314 g/mol. The number of H-pyrrole nitrogens is 1. The molecule has 0 radical (unpaired) electrons. The molecule has 1 saturated heterocycles. The molecule has 2 N–H and O–H groups in total. The molecule has 1 aliphatic heterocycles. The number of amides is 1. The molecule has 1 aromatic heterocycles. The molecule has 2 heterocycles. The van der Waals surface area contributed by atoms with Crippen LogP contribution in [0, 0.1) is 0 Å². The van der Waals surface area contributed by atoms with Gasteiger partial charge in [-0.3, -0.25) is 14.5 Å². The third-order valence-electron chi connectivity index (χ3n) is 5.38. The normalized spacial score (nSPS) is 22.2. The van der Waals surface area contributed by atoms with Gasteiger partial charge in [0, 0.05) is 40.4 Å². The highest BCUT2D eigenvalue weighted by molar-refractivity contribution is 5.96. The molecule has 0 aliphatic carbocycles. The number of hydrogen-bond acceptors (Lipinski definition) is 3. The molecule has 2 aromatic rings. The monoisotopic (exact) mass is 341 g/mol. The van der Waals surface area contributed by atoms with Crippen molar-refractivity contribution in [1.29, 1.82) is 0 Å². The van der Waals surface area contributed by atoms with Crippen molar-refractivity contribution in [3.63, 3.8) is 0 Å². The number of anilines is 1. The molecule has 0 bridgehead atoms. The number of rotatable bonds is 4. The van der Waals surface area contributed by atoms with Gasteiger partial charge in [-0.25, -0.2) is 0 Å². The molecule has 1 aliphatic rings. The van der Waals surface area contributed by atoms with E-state index in [1.54, 1.807) is 12.1 Å². The fraction of sp³-hybridized carbons (Fsp3) is 0.500. The summed E-state index contributed by atoms with van der Waals surface area (Å²) in [6, 6.07) is 7.74. The van der Waals surface area contributed by atoms with Gasteiger partial charge in [-0.1, -0.05) is 6.92 Å². The van der Waals surface area contributed by atoms with Crippen LogP contribution in [-0.2, 0) is 11.2 Å². The lowest BCUT2D eigenvalue weighted by molar-refractivity contribution is -0.121. The first-order valence-corrected chi connectivity index (χ1v) is 9.15. The van der Waals surface area contributed by atoms with E-state index in [1.807, 2.05) is 26.0 Å². The van der Waals surface area contributed by atoms with Crippen LogP contribution in [0.2, 0.25) is 0 Å². The number of aromatic amines is 1. The third-order valence-corrected chi connectivity index (χ3v) is 5.38. The summed E-state index contributed by atoms with van der Waals surface area (Å²) in [6.45, 7) is 8.31. The van der Waals surface area contributed by atoms with Crippen molar-refractivity contribution >= 4 is 22.5 Å². The van der Waals surface area contributed by atoms with Gasteiger partial charge in [0.25, 0.3) is 0 Å². The number of fused-ring (bicyclic) bond motifs is 1. The van der Waals surface area contributed by atoms with Crippen LogP contribution >= 0.6 is 0 Å². The summed E-state index contributed by atoms with van der Waals surface area (Å²) in [5, 5.41) is 3.58. The Morgan fingerprint density at radius 1 is 1.28 bits per heavy atom. The van der Waals surface area contributed by atoms with Crippen LogP contribution < -0.4 is 10.7 Å². The van der Waals surface area contributed by atoms with Crippen molar-refractivity contribution in [3.05, 3.63) is 40.2 Å². The third kappa shape index (κ3) is 3.47. The number of nitrogens with one attached hydrogen (secondary N) is 2. The van der Waals surface area contributed by atoms with Crippen molar-refractivity contribution in [2.45, 2.75) is 65.1 Å². The Kier molecular flexibility index (Phi) is 4.95. The fourth-order valence-electron chi connectivity index (χ4n) is 3.93. The minimum atomic E-state index is -0.191. The highest BCUT2D eigenvalue weighted by atomic mass is 16.2. The van der Waals surface area contributed by atoms with Gasteiger partial charge in [0.1, 0.15) is 0 Å². The summed E-state index contributed by atoms with van der Waals surface area (Å²) >= 11 is 0. The molecule has 3 rings (SSSR count). The molecule has 1 aromatic carbocycles. The molecule has 5 heteroatoms.